The number of carbonyl (C=O) groups excluding carboxylic acids is 2. The molecule has 7 rings (SSSR count). The van der Waals surface area contributed by atoms with Crippen molar-refractivity contribution in [2.45, 2.75) is 80.6 Å². The molecule has 16 atom stereocenters. The Labute approximate surface area is 285 Å². The first-order chi connectivity index (χ1) is 22.0. The van der Waals surface area contributed by atoms with Crippen LogP contribution in [0.5, 0.6) is 0 Å². The smallest absolute Gasteiger partial charge is 0.338 e. The molecule has 0 aromatic heterocycles. The van der Waals surface area contributed by atoms with Crippen molar-refractivity contribution in [3.05, 3.63) is 35.9 Å². The fourth-order valence-electron chi connectivity index (χ4n) is 12.6. The first-order valence-electron chi connectivity index (χ1n) is 16.4. The van der Waals surface area contributed by atoms with Crippen molar-refractivity contribution in [2.75, 3.05) is 48.1 Å². The highest BCUT2D eigenvalue weighted by Gasteiger charge is 2.94. The van der Waals surface area contributed by atoms with E-state index in [0.717, 1.165) is 4.90 Å². The number of methoxy groups -OCH3 is 4. The Bertz CT molecular complexity index is 1370. The van der Waals surface area contributed by atoms with Crippen molar-refractivity contribution in [1.82, 2.24) is 0 Å². The van der Waals surface area contributed by atoms with E-state index in [1.807, 2.05) is 0 Å². The maximum absolute atomic E-state index is 13.8. The predicted molar refractivity (Wildman–Crippen MR) is 160 cm³/mol. The summed E-state index contributed by atoms with van der Waals surface area (Å²) in [5.41, 5.74) is -4.68. The van der Waals surface area contributed by atoms with Gasteiger partial charge < -0.3 is 65.6 Å². The molecule has 12 nitrogen and oxygen atoms in total. The van der Waals surface area contributed by atoms with E-state index in [0.29, 0.717) is 25.1 Å². The van der Waals surface area contributed by atoms with Gasteiger partial charge in [-0.25, -0.2) is 4.79 Å². The number of hydrogen-bond donors (Lipinski definition) is 4. The number of rotatable bonds is 9. The standard InChI is InChI=1S/C34H47NO11.BrH/c1-7-35-15-31(16-41-3)20(37)13-21(42-4)33-19-14-32(40)28(45-30(39)18-11-9-8-10-12-18)22(19)34(46-17(2)36,27(38)29(32)44-6)23(26(33)35)24(43-5)25(31)33;/h8-12,19-29,37-38,40H,7,13-16H2,1-6H3;1H/t19-,20?,21?,22-,23?,24?,25-,26-,27?,28?,29?,31?,32-,33?,34-;/m1./s1. The molecule has 1 saturated heterocycles. The van der Waals surface area contributed by atoms with E-state index in [9.17, 15) is 24.9 Å². The Balaban J connectivity index is 0.00000386. The number of aliphatic hydroxyl groups excluding tert-OH is 2. The van der Waals surface area contributed by atoms with Crippen molar-refractivity contribution in [3.8, 4) is 0 Å². The molecule has 0 radical (unpaired) electrons. The molecule has 1 aromatic rings. The van der Waals surface area contributed by atoms with Crippen LogP contribution in [0.3, 0.4) is 0 Å². The number of fused-ring (bicyclic) bond motifs is 2. The molecule has 7 bridgehead atoms. The lowest BCUT2D eigenvalue weighted by Gasteiger charge is -2.68. The average molecular weight is 727 g/mol. The Hall–Kier alpha value is -1.68. The van der Waals surface area contributed by atoms with Crippen LogP contribution in [0.4, 0.5) is 0 Å². The fourth-order valence-corrected chi connectivity index (χ4v) is 12.6. The molecule has 4 N–H and O–H groups in total. The van der Waals surface area contributed by atoms with Crippen LogP contribution >= 0.6 is 0 Å². The van der Waals surface area contributed by atoms with E-state index in [1.54, 1.807) is 51.7 Å². The summed E-state index contributed by atoms with van der Waals surface area (Å²) in [6, 6.07) is 8.28. The molecular formula is C34H48BrNO11. The Morgan fingerprint density at radius 2 is 1.70 bits per heavy atom. The molecule has 5 aliphatic carbocycles. The van der Waals surface area contributed by atoms with E-state index >= 15 is 0 Å². The normalized spacial score (nSPS) is 50.0. The second kappa shape index (κ2) is 12.0. The van der Waals surface area contributed by atoms with Crippen LogP contribution < -0.4 is 21.9 Å². The maximum Gasteiger partial charge on any atom is 0.338 e. The number of halogens is 1. The highest BCUT2D eigenvalue weighted by molar-refractivity contribution is 5.89. The molecule has 1 aliphatic heterocycles. The van der Waals surface area contributed by atoms with E-state index in [4.69, 9.17) is 28.4 Å². The molecule has 1 heterocycles. The number of hydrogen-bond acceptors (Lipinski definition) is 11. The third kappa shape index (κ3) is 4.09. The fraction of sp³-hybridized carbons (Fsp3) is 0.765. The summed E-state index contributed by atoms with van der Waals surface area (Å²) in [5.74, 6) is -3.54. The lowest BCUT2D eigenvalue weighted by Crippen LogP contribution is -3.22. The number of quaternary nitrogens is 1. The molecule has 0 amide bonds. The van der Waals surface area contributed by atoms with E-state index < -0.39 is 88.3 Å². The molecular weight excluding hydrogens is 678 g/mol. The van der Waals surface area contributed by atoms with E-state index in [2.05, 4.69) is 6.92 Å². The number of esters is 2. The van der Waals surface area contributed by atoms with Crippen LogP contribution in [0.1, 0.15) is 37.0 Å². The molecule has 1 aromatic carbocycles. The van der Waals surface area contributed by atoms with Gasteiger partial charge in [0.2, 0.25) is 0 Å². The molecule has 6 aliphatic rings. The van der Waals surface area contributed by atoms with Crippen LogP contribution in [0.2, 0.25) is 0 Å². The van der Waals surface area contributed by atoms with E-state index in [1.165, 1.54) is 14.0 Å². The van der Waals surface area contributed by atoms with Crippen LogP contribution in [0, 0.1) is 34.5 Å². The monoisotopic (exact) mass is 725 g/mol. The van der Waals surface area contributed by atoms with Crippen LogP contribution in [0.15, 0.2) is 30.3 Å². The molecule has 10 unspecified atom stereocenters. The van der Waals surface area contributed by atoms with Gasteiger partial charge in [-0.1, -0.05) is 18.2 Å². The summed E-state index contributed by atoms with van der Waals surface area (Å²) < 4.78 is 37.5. The Morgan fingerprint density at radius 3 is 2.28 bits per heavy atom. The number of piperidine rings is 1. The van der Waals surface area contributed by atoms with Gasteiger partial charge in [0.15, 0.2) is 5.60 Å². The molecule has 13 heteroatoms. The summed E-state index contributed by atoms with van der Waals surface area (Å²) in [5, 5.41) is 37.3. The summed E-state index contributed by atoms with van der Waals surface area (Å²) in [4.78, 5) is 28.2. The van der Waals surface area contributed by atoms with E-state index in [-0.39, 0.29) is 42.0 Å². The highest BCUT2D eigenvalue weighted by Crippen LogP contribution is 2.78. The van der Waals surface area contributed by atoms with Crippen molar-refractivity contribution in [2.24, 2.45) is 34.5 Å². The summed E-state index contributed by atoms with van der Waals surface area (Å²) in [6.45, 7) is 4.91. The van der Waals surface area contributed by atoms with Gasteiger partial charge in [-0.15, -0.1) is 0 Å². The van der Waals surface area contributed by atoms with Gasteiger partial charge in [0.25, 0.3) is 0 Å². The van der Waals surface area contributed by atoms with Crippen LogP contribution in [0.25, 0.3) is 0 Å². The average Bonchev–Trinajstić information content (AvgIpc) is 3.41. The van der Waals surface area contributed by atoms with Gasteiger partial charge >= 0.3 is 11.9 Å². The molecule has 47 heavy (non-hydrogen) atoms. The largest absolute Gasteiger partial charge is 1.00 e. The minimum atomic E-state index is -1.82. The zero-order valence-electron chi connectivity index (χ0n) is 27.8. The number of aliphatic hydroxyl groups is 3. The molecule has 6 fully saturated rings. The zero-order chi connectivity index (χ0) is 33.0. The summed E-state index contributed by atoms with van der Waals surface area (Å²) in [7, 11) is 6.30. The predicted octanol–water partition coefficient (Wildman–Crippen LogP) is -3.76. The van der Waals surface area contributed by atoms with Gasteiger partial charge in [-0.2, -0.15) is 0 Å². The number of likely N-dealkylation sites (tertiary alicyclic amines) is 1. The SMILES string of the molecule is CC[NH+]1CC2(COC)C(O)CC(OC)C34[C@@H]5C[C@]6(O)C(OC)C(O)[C@](OC(C)=O)(C(C(OC)[C@H]23)[C@@H]14)[C@H]5C6OC(=O)c1ccccc1.[Br-]. The Kier molecular flexibility index (Phi) is 8.96. The van der Waals surface area contributed by atoms with Gasteiger partial charge in [0.05, 0.1) is 60.3 Å². The minimum absolute atomic E-state index is 0. The second-order valence-electron chi connectivity index (χ2n) is 14.6. The zero-order valence-corrected chi connectivity index (χ0v) is 29.3. The summed E-state index contributed by atoms with van der Waals surface area (Å²) in [6.07, 6.45) is -5.37. The van der Waals surface area contributed by atoms with Crippen molar-refractivity contribution in [3.63, 3.8) is 0 Å². The van der Waals surface area contributed by atoms with Gasteiger partial charge in [-0.3, -0.25) is 4.79 Å². The van der Waals surface area contributed by atoms with Gasteiger partial charge in [-0.05, 0) is 31.4 Å². The third-order valence-corrected chi connectivity index (χ3v) is 13.4. The molecule has 5 saturated carbocycles. The number of benzene rings is 1. The lowest BCUT2D eigenvalue weighted by molar-refractivity contribution is -0.953. The van der Waals surface area contributed by atoms with Crippen molar-refractivity contribution in [1.29, 1.82) is 0 Å². The number of ether oxygens (including phenoxy) is 6. The van der Waals surface area contributed by atoms with Crippen molar-refractivity contribution < 1.29 is 75.2 Å². The lowest BCUT2D eigenvalue weighted by atomic mass is 9.42. The summed E-state index contributed by atoms with van der Waals surface area (Å²) >= 11 is 0. The minimum Gasteiger partial charge on any atom is -1.00 e. The van der Waals surface area contributed by atoms with Gasteiger partial charge in [0, 0.05) is 53.6 Å². The third-order valence-electron chi connectivity index (χ3n) is 13.4. The highest BCUT2D eigenvalue weighted by atomic mass is 79.9. The first kappa shape index (κ1) is 35.2. The number of nitrogens with one attached hydrogen (secondary N) is 1. The molecule has 1 spiro atoms. The van der Waals surface area contributed by atoms with Crippen molar-refractivity contribution >= 4 is 11.9 Å². The first-order valence-corrected chi connectivity index (χ1v) is 16.4. The maximum atomic E-state index is 13.8. The van der Waals surface area contributed by atoms with Crippen LogP contribution in [-0.2, 0) is 33.2 Å². The van der Waals surface area contributed by atoms with Gasteiger partial charge in [0.1, 0.15) is 30.0 Å². The topological polar surface area (TPSA) is 155 Å². The number of carbonyl (C=O) groups is 2. The molecule has 262 valence electrons. The Morgan fingerprint density at radius 1 is 1.00 bits per heavy atom. The quantitative estimate of drug-likeness (QED) is 0.186. The second-order valence-corrected chi connectivity index (χ2v) is 14.6. The van der Waals surface area contributed by atoms with Crippen LogP contribution in [-0.4, -0.2) is 129 Å².